The van der Waals surface area contributed by atoms with E-state index in [4.69, 9.17) is 57.2 Å². The van der Waals surface area contributed by atoms with E-state index in [-0.39, 0.29) is 56.3 Å². The Kier molecular flexibility index (Phi) is 28.0. The van der Waals surface area contributed by atoms with Crippen molar-refractivity contribution in [2.75, 3.05) is 79.2 Å². The fourth-order valence-electron chi connectivity index (χ4n) is 9.90. The second-order valence-corrected chi connectivity index (χ2v) is 23.8. The summed E-state index contributed by atoms with van der Waals surface area (Å²) in [7, 11) is 5.54. The van der Waals surface area contributed by atoms with E-state index in [0.717, 1.165) is 67.1 Å². The molecule has 99 heavy (non-hydrogen) atoms. The lowest BCUT2D eigenvalue weighted by Gasteiger charge is -2.18. The second-order valence-electron chi connectivity index (χ2n) is 22.1. The number of likely N-dealkylation sites (tertiary alicyclic amines) is 1. The van der Waals surface area contributed by atoms with Crippen LogP contribution in [0.4, 0.5) is 34.5 Å². The molecule has 11 rings (SSSR count). The molecule has 512 valence electrons. The number of pyridine rings is 3. The molecule has 1 saturated heterocycles. The van der Waals surface area contributed by atoms with Gasteiger partial charge < -0.3 is 46.6 Å². The third-order valence-corrected chi connectivity index (χ3v) is 16.1. The van der Waals surface area contributed by atoms with Crippen LogP contribution in [0, 0.1) is 24.7 Å². The van der Waals surface area contributed by atoms with E-state index in [1.165, 1.54) is 18.6 Å². The fourth-order valence-corrected chi connectivity index (χ4v) is 10.5. The molecule has 5 heterocycles. The number of rotatable bonds is 15. The molecule has 1 fully saturated rings. The first-order valence-corrected chi connectivity index (χ1v) is 31.5. The summed E-state index contributed by atoms with van der Waals surface area (Å²) in [6.07, 6.45) is 6.52. The topological polar surface area (TPSA) is 283 Å². The zero-order valence-corrected chi connectivity index (χ0v) is 55.7. The SMILES string of the molecule is C.C.C.CN(C)C(=N)c1ccc(C(=O)Nc2c(Cl)cccc2C(=O)Nc2ccc(Cl)cn2)cc1.Cc1cccc(C(=O)Nc2ccc(Cl)cn2)c1NC(=O)c1ccc(C(=N)N2CCCC2)cc1.Cc1cccc(C(=O)Nc2ccc(Cl)cn2)c1NC(=O)c1ccc(C2=NCCN2C)cc1. The van der Waals surface area contributed by atoms with Crippen molar-refractivity contribution in [3.05, 3.63) is 264 Å². The van der Waals surface area contributed by atoms with Crippen LogP contribution in [0.25, 0.3) is 0 Å². The molecule has 8 N–H and O–H groups in total. The minimum atomic E-state index is -0.484. The van der Waals surface area contributed by atoms with E-state index in [1.807, 2.05) is 50.1 Å². The molecular formula is C74H77Cl4N15O6. The number of halogens is 4. The minimum absolute atomic E-state index is 0. The Hall–Kier alpha value is -10.8. The van der Waals surface area contributed by atoms with Gasteiger partial charge in [-0.1, -0.05) is 135 Å². The number of amidine groups is 3. The van der Waals surface area contributed by atoms with Gasteiger partial charge in [-0.15, -0.1) is 0 Å². The van der Waals surface area contributed by atoms with Gasteiger partial charge in [-0.3, -0.25) is 44.6 Å². The van der Waals surface area contributed by atoms with Crippen LogP contribution in [-0.4, -0.2) is 130 Å². The van der Waals surface area contributed by atoms with Crippen LogP contribution in [0.15, 0.2) is 187 Å². The van der Waals surface area contributed by atoms with Crippen LogP contribution in [0.2, 0.25) is 20.1 Å². The number of aliphatic imine (C=N–C) groups is 1. The summed E-state index contributed by atoms with van der Waals surface area (Å²) >= 11 is 23.8. The average molecular weight is 1410 g/mol. The van der Waals surface area contributed by atoms with Gasteiger partial charge in [-0.2, -0.15) is 0 Å². The van der Waals surface area contributed by atoms with E-state index in [0.29, 0.717) is 88.9 Å². The highest BCUT2D eigenvalue weighted by molar-refractivity contribution is 6.35. The maximum atomic E-state index is 12.9. The number of nitrogens with zero attached hydrogens (tertiary/aromatic N) is 7. The van der Waals surface area contributed by atoms with Gasteiger partial charge in [0.1, 0.15) is 35.0 Å². The number of carbonyl (C=O) groups is 6. The third kappa shape index (κ3) is 20.4. The standard InChI is InChI=1S/C25H24ClN5O2.C24H22ClN5O2.C22H19Cl2N5O2.3CH4/c1-16-5-4-6-20(25(33)29-21-12-11-19(26)15-28-21)22(16)30-24(32)18-9-7-17(8-10-18)23(27)31-13-2-3-14-31;1-15-4-3-5-19(24(32)28-20-11-10-18(25)14-27-20)21(15)29-23(31)17-8-6-16(7-9-17)22-26-12-13-30(22)2;1-29(2)20(25)13-6-8-14(9-7-13)21(30)28-19-16(4-3-5-17(19)24)22(31)27-18-11-10-15(23)12-26-18;;;/h4-12,15,27H,2-3,13-14H2,1H3,(H,30,32)(H,28,29,33);3-11,14H,12-13H2,1-2H3,(H,29,31)(H,27,28,32);3-12,25H,1-2H3,(H,28,30)(H,26,27,31);3*1H4. The highest BCUT2D eigenvalue weighted by Crippen LogP contribution is 2.29. The Balaban J connectivity index is 0.000000231. The molecule has 6 aromatic carbocycles. The lowest BCUT2D eigenvalue weighted by atomic mass is 10.1. The molecule has 0 aliphatic carbocycles. The van der Waals surface area contributed by atoms with Gasteiger partial charge in [-0.25, -0.2) is 15.0 Å². The number of benzene rings is 6. The Labute approximate surface area is 596 Å². The molecule has 0 unspecified atom stereocenters. The molecular weight excluding hydrogens is 1340 g/mol. The van der Waals surface area contributed by atoms with E-state index >= 15 is 0 Å². The predicted molar refractivity (Wildman–Crippen MR) is 401 cm³/mol. The first-order chi connectivity index (χ1) is 46.1. The van der Waals surface area contributed by atoms with Crippen molar-refractivity contribution in [2.45, 2.75) is 49.0 Å². The number of para-hydroxylation sites is 3. The highest BCUT2D eigenvalue weighted by atomic mass is 35.5. The molecule has 21 nitrogen and oxygen atoms in total. The van der Waals surface area contributed by atoms with Crippen LogP contribution < -0.4 is 31.9 Å². The zero-order valence-electron chi connectivity index (χ0n) is 52.7. The summed E-state index contributed by atoms with van der Waals surface area (Å²) in [5.41, 5.74) is 7.17. The number of anilines is 6. The maximum absolute atomic E-state index is 12.9. The van der Waals surface area contributed by atoms with Crippen LogP contribution in [-0.2, 0) is 0 Å². The summed E-state index contributed by atoms with van der Waals surface area (Å²) in [6, 6.07) is 45.7. The number of likely N-dealkylation sites (N-methyl/N-ethyl adjacent to an activating group) is 1. The number of amides is 6. The third-order valence-electron chi connectivity index (χ3n) is 15.1. The van der Waals surface area contributed by atoms with Gasteiger partial charge in [0.15, 0.2) is 0 Å². The van der Waals surface area contributed by atoms with Crippen LogP contribution in [0.3, 0.4) is 0 Å². The summed E-state index contributed by atoms with van der Waals surface area (Å²) < 4.78 is 0. The molecule has 25 heteroatoms. The number of aromatic nitrogens is 3. The number of hydrogen-bond donors (Lipinski definition) is 8. The molecule has 0 spiro atoms. The summed E-state index contributed by atoms with van der Waals surface area (Å²) in [5.74, 6) is 0.449. The molecule has 9 aromatic rings. The second kappa shape index (κ2) is 35.9. The number of nitrogens with one attached hydrogen (secondary N) is 8. The van der Waals surface area contributed by atoms with Crippen molar-refractivity contribution in [3.8, 4) is 0 Å². The first kappa shape index (κ1) is 77.2. The largest absolute Gasteiger partial charge is 0.363 e. The van der Waals surface area contributed by atoms with Crippen molar-refractivity contribution in [3.63, 3.8) is 0 Å². The normalized spacial score (nSPS) is 11.7. The van der Waals surface area contributed by atoms with Crippen molar-refractivity contribution < 1.29 is 28.8 Å². The smallest absolute Gasteiger partial charge is 0.258 e. The van der Waals surface area contributed by atoms with Crippen molar-refractivity contribution in [2.24, 2.45) is 4.99 Å². The molecule has 6 amide bonds. The quantitative estimate of drug-likeness (QED) is 0.0351. The Morgan fingerprint density at radius 2 is 0.798 bits per heavy atom. The Morgan fingerprint density at radius 1 is 0.434 bits per heavy atom. The highest BCUT2D eigenvalue weighted by Gasteiger charge is 2.23. The van der Waals surface area contributed by atoms with Gasteiger partial charge in [0, 0.05) is 92.7 Å². The van der Waals surface area contributed by atoms with Gasteiger partial charge in [0.05, 0.1) is 60.4 Å². The number of hydrogen-bond acceptors (Lipinski definition) is 13. The van der Waals surface area contributed by atoms with Crippen LogP contribution >= 0.6 is 46.4 Å². The zero-order chi connectivity index (χ0) is 68.6. The molecule has 3 aromatic heterocycles. The molecule has 2 aliphatic heterocycles. The molecule has 0 saturated carbocycles. The summed E-state index contributed by atoms with van der Waals surface area (Å²) in [4.78, 5) is 99.6. The van der Waals surface area contributed by atoms with Crippen LogP contribution in [0.5, 0.6) is 0 Å². The average Bonchev–Trinajstić information content (AvgIpc) is 1.13. The Bertz CT molecular complexity index is 4400. The lowest BCUT2D eigenvalue weighted by Crippen LogP contribution is -2.27. The van der Waals surface area contributed by atoms with Crippen molar-refractivity contribution in [1.82, 2.24) is 29.7 Å². The lowest BCUT2D eigenvalue weighted by molar-refractivity contribution is 0.101. The van der Waals surface area contributed by atoms with Gasteiger partial charge in [0.25, 0.3) is 35.4 Å². The minimum Gasteiger partial charge on any atom is -0.363 e. The molecule has 0 radical (unpaired) electrons. The van der Waals surface area contributed by atoms with Crippen molar-refractivity contribution >= 4 is 134 Å². The van der Waals surface area contributed by atoms with E-state index in [1.54, 1.807) is 159 Å². The van der Waals surface area contributed by atoms with Crippen molar-refractivity contribution in [1.29, 1.82) is 10.8 Å². The fraction of sp³-hybridized carbons (Fsp3) is 0.189. The van der Waals surface area contributed by atoms with E-state index in [2.05, 4.69) is 56.7 Å². The van der Waals surface area contributed by atoms with Crippen LogP contribution in [0.1, 0.15) is 125 Å². The maximum Gasteiger partial charge on any atom is 0.258 e. The molecule has 0 bridgehead atoms. The summed E-state index contributed by atoms with van der Waals surface area (Å²) in [5, 5.41) is 34.5. The van der Waals surface area contributed by atoms with Gasteiger partial charge in [-0.05, 0) is 135 Å². The molecule has 2 aliphatic rings. The summed E-state index contributed by atoms with van der Waals surface area (Å²) in [6.45, 7) is 7.12. The number of carbonyl (C=O) groups excluding carboxylic acids is 6. The predicted octanol–water partition coefficient (Wildman–Crippen LogP) is 15.9. The van der Waals surface area contributed by atoms with Gasteiger partial charge >= 0.3 is 0 Å². The Morgan fingerprint density at radius 3 is 1.17 bits per heavy atom. The van der Waals surface area contributed by atoms with Gasteiger partial charge in [0.2, 0.25) is 0 Å². The van der Waals surface area contributed by atoms with E-state index in [9.17, 15) is 28.8 Å². The monoisotopic (exact) mass is 1410 g/mol. The first-order valence-electron chi connectivity index (χ1n) is 30.0. The number of aryl methyl sites for hydroxylation is 2. The van der Waals surface area contributed by atoms with E-state index < -0.39 is 17.7 Å². The molecule has 0 atom stereocenters.